The van der Waals surface area contributed by atoms with Crippen LogP contribution in [0.25, 0.3) is 0 Å². The van der Waals surface area contributed by atoms with Gasteiger partial charge in [0.2, 0.25) is 5.91 Å². The topological polar surface area (TPSA) is 64.6 Å². The molecule has 0 spiro atoms. The van der Waals surface area contributed by atoms with E-state index < -0.39 is 5.92 Å². The first-order valence-electron chi connectivity index (χ1n) is 8.42. The number of carbonyl (C=O) groups excluding carboxylic acids is 2. The van der Waals surface area contributed by atoms with E-state index in [2.05, 4.69) is 5.32 Å². The number of benzene rings is 2. The maximum Gasteiger partial charge on any atom is 0.306 e. The van der Waals surface area contributed by atoms with Crippen LogP contribution in [0.5, 0.6) is 5.75 Å². The summed E-state index contributed by atoms with van der Waals surface area (Å²) in [6, 6.07) is 15.5. The number of anilines is 1. The zero-order valence-corrected chi connectivity index (χ0v) is 14.2. The molecule has 0 aliphatic carbocycles. The van der Waals surface area contributed by atoms with Crippen LogP contribution in [0.4, 0.5) is 5.69 Å². The third-order valence-electron chi connectivity index (χ3n) is 4.17. The van der Waals surface area contributed by atoms with Crippen molar-refractivity contribution in [3.63, 3.8) is 0 Å². The SMILES string of the molecule is CCOC(=O)CC1Cc2c(cccc2OCc2ccccc2)NC1=O. The van der Waals surface area contributed by atoms with Crippen LogP contribution in [0.3, 0.4) is 0 Å². The van der Waals surface area contributed by atoms with Gasteiger partial charge >= 0.3 is 5.97 Å². The van der Waals surface area contributed by atoms with E-state index in [1.54, 1.807) is 6.92 Å². The maximum atomic E-state index is 12.2. The summed E-state index contributed by atoms with van der Waals surface area (Å²) in [6.07, 6.45) is 0.539. The molecule has 0 saturated heterocycles. The second-order valence-corrected chi connectivity index (χ2v) is 5.96. The molecule has 25 heavy (non-hydrogen) atoms. The second-order valence-electron chi connectivity index (χ2n) is 5.96. The number of fused-ring (bicyclic) bond motifs is 1. The Bertz CT molecular complexity index is 758. The Labute approximate surface area is 147 Å². The molecule has 1 aliphatic rings. The molecule has 1 aliphatic heterocycles. The Morgan fingerprint density at radius 2 is 1.96 bits per heavy atom. The lowest BCUT2D eigenvalue weighted by atomic mass is 9.90. The fourth-order valence-electron chi connectivity index (χ4n) is 2.92. The molecule has 5 nitrogen and oxygen atoms in total. The molecule has 1 N–H and O–H groups in total. The van der Waals surface area contributed by atoms with Gasteiger partial charge in [-0.3, -0.25) is 9.59 Å². The van der Waals surface area contributed by atoms with Crippen molar-refractivity contribution in [2.75, 3.05) is 11.9 Å². The number of hydrogen-bond donors (Lipinski definition) is 1. The van der Waals surface area contributed by atoms with E-state index in [1.165, 1.54) is 0 Å². The summed E-state index contributed by atoms with van der Waals surface area (Å²) in [7, 11) is 0. The van der Waals surface area contributed by atoms with Crippen molar-refractivity contribution >= 4 is 17.6 Å². The quantitative estimate of drug-likeness (QED) is 0.820. The normalized spacial score (nSPS) is 15.9. The van der Waals surface area contributed by atoms with Crippen LogP contribution >= 0.6 is 0 Å². The summed E-state index contributed by atoms with van der Waals surface area (Å²) in [5, 5.41) is 2.87. The maximum absolute atomic E-state index is 12.2. The van der Waals surface area contributed by atoms with Crippen molar-refractivity contribution in [2.45, 2.75) is 26.4 Å². The van der Waals surface area contributed by atoms with Crippen LogP contribution in [-0.4, -0.2) is 18.5 Å². The molecule has 0 aromatic heterocycles. The fraction of sp³-hybridized carbons (Fsp3) is 0.300. The monoisotopic (exact) mass is 339 g/mol. The molecule has 1 atom stereocenters. The van der Waals surface area contributed by atoms with Crippen molar-refractivity contribution < 1.29 is 19.1 Å². The Morgan fingerprint density at radius 1 is 1.16 bits per heavy atom. The first-order chi connectivity index (χ1) is 12.2. The zero-order chi connectivity index (χ0) is 17.6. The smallest absolute Gasteiger partial charge is 0.306 e. The predicted octanol–water partition coefficient (Wildman–Crippen LogP) is 3.33. The Kier molecular flexibility index (Phi) is 5.33. The van der Waals surface area contributed by atoms with Crippen molar-refractivity contribution in [2.24, 2.45) is 5.92 Å². The van der Waals surface area contributed by atoms with Crippen LogP contribution in [0, 0.1) is 5.92 Å². The van der Waals surface area contributed by atoms with Gasteiger partial charge in [-0.15, -0.1) is 0 Å². The van der Waals surface area contributed by atoms with Gasteiger partial charge in [-0.25, -0.2) is 0 Å². The van der Waals surface area contributed by atoms with Gasteiger partial charge in [-0.2, -0.15) is 0 Å². The van der Waals surface area contributed by atoms with Crippen molar-refractivity contribution in [3.8, 4) is 5.75 Å². The highest BCUT2D eigenvalue weighted by Crippen LogP contribution is 2.34. The number of esters is 1. The predicted molar refractivity (Wildman–Crippen MR) is 94.3 cm³/mol. The lowest BCUT2D eigenvalue weighted by Crippen LogP contribution is -2.32. The molecular formula is C20H21NO4. The third-order valence-corrected chi connectivity index (χ3v) is 4.17. The number of hydrogen-bond acceptors (Lipinski definition) is 4. The van der Waals surface area contributed by atoms with E-state index in [4.69, 9.17) is 9.47 Å². The first kappa shape index (κ1) is 17.0. The van der Waals surface area contributed by atoms with E-state index in [9.17, 15) is 9.59 Å². The van der Waals surface area contributed by atoms with Crippen molar-refractivity contribution in [1.29, 1.82) is 0 Å². The molecule has 130 valence electrons. The van der Waals surface area contributed by atoms with Crippen molar-refractivity contribution in [1.82, 2.24) is 0 Å². The molecule has 1 amide bonds. The van der Waals surface area contributed by atoms with Crippen molar-refractivity contribution in [3.05, 3.63) is 59.7 Å². The number of carbonyl (C=O) groups is 2. The highest BCUT2D eigenvalue weighted by molar-refractivity contribution is 5.98. The minimum absolute atomic E-state index is 0.0755. The summed E-state index contributed by atoms with van der Waals surface area (Å²) >= 11 is 0. The van der Waals surface area contributed by atoms with Crippen LogP contribution in [0.2, 0.25) is 0 Å². The van der Waals surface area contributed by atoms with E-state index in [-0.39, 0.29) is 18.3 Å². The summed E-state index contributed by atoms with van der Waals surface area (Å²) in [4.78, 5) is 24.0. The van der Waals surface area contributed by atoms with E-state index >= 15 is 0 Å². The molecule has 1 unspecified atom stereocenters. The largest absolute Gasteiger partial charge is 0.489 e. The van der Waals surface area contributed by atoms with Gasteiger partial charge in [-0.05, 0) is 31.0 Å². The molecule has 5 heteroatoms. The zero-order valence-electron chi connectivity index (χ0n) is 14.2. The highest BCUT2D eigenvalue weighted by Gasteiger charge is 2.30. The van der Waals surface area contributed by atoms with Gasteiger partial charge in [0.05, 0.1) is 18.9 Å². The van der Waals surface area contributed by atoms with Crippen LogP contribution in [-0.2, 0) is 27.4 Å². The molecule has 1 heterocycles. The minimum atomic E-state index is -0.437. The standard InChI is InChI=1S/C20H21NO4/c1-2-24-19(22)12-15-11-16-17(21-20(15)23)9-6-10-18(16)25-13-14-7-4-3-5-8-14/h3-10,15H,2,11-13H2,1H3,(H,21,23). The average molecular weight is 339 g/mol. The third kappa shape index (κ3) is 4.18. The summed E-state index contributed by atoms with van der Waals surface area (Å²) < 4.78 is 10.9. The minimum Gasteiger partial charge on any atom is -0.489 e. The summed E-state index contributed by atoms with van der Waals surface area (Å²) in [6.45, 7) is 2.52. The number of nitrogens with one attached hydrogen (secondary N) is 1. The molecule has 2 aromatic rings. The average Bonchev–Trinajstić information content (AvgIpc) is 2.62. The van der Waals surface area contributed by atoms with Gasteiger partial charge in [0, 0.05) is 11.3 Å². The number of rotatable bonds is 6. The lowest BCUT2D eigenvalue weighted by Gasteiger charge is -2.26. The molecular weight excluding hydrogens is 318 g/mol. The van der Waals surface area contributed by atoms with E-state index in [0.29, 0.717) is 19.6 Å². The van der Waals surface area contributed by atoms with Crippen LogP contribution in [0.15, 0.2) is 48.5 Å². The molecule has 2 aromatic carbocycles. The van der Waals surface area contributed by atoms with Crippen LogP contribution < -0.4 is 10.1 Å². The lowest BCUT2D eigenvalue weighted by molar-refractivity contribution is -0.145. The Balaban J connectivity index is 1.74. The Hall–Kier alpha value is -2.82. The molecule has 0 radical (unpaired) electrons. The van der Waals surface area contributed by atoms with E-state index in [0.717, 1.165) is 22.6 Å². The van der Waals surface area contributed by atoms with Gasteiger partial charge < -0.3 is 14.8 Å². The summed E-state index contributed by atoms with van der Waals surface area (Å²) in [5.74, 6) is -0.210. The first-order valence-corrected chi connectivity index (χ1v) is 8.42. The molecule has 0 fully saturated rings. The highest BCUT2D eigenvalue weighted by atomic mass is 16.5. The summed E-state index contributed by atoms with van der Waals surface area (Å²) in [5.41, 5.74) is 2.74. The molecule has 0 saturated carbocycles. The van der Waals surface area contributed by atoms with E-state index in [1.807, 2.05) is 48.5 Å². The Morgan fingerprint density at radius 3 is 2.72 bits per heavy atom. The fourth-order valence-corrected chi connectivity index (χ4v) is 2.92. The molecule has 3 rings (SSSR count). The second kappa shape index (κ2) is 7.83. The van der Waals surface area contributed by atoms with Gasteiger partial charge in [0.15, 0.2) is 0 Å². The number of amides is 1. The van der Waals surface area contributed by atoms with Crippen LogP contribution in [0.1, 0.15) is 24.5 Å². The molecule has 0 bridgehead atoms. The van der Waals surface area contributed by atoms with Gasteiger partial charge in [-0.1, -0.05) is 36.4 Å². The van der Waals surface area contributed by atoms with Gasteiger partial charge in [0.1, 0.15) is 12.4 Å². The van der Waals surface area contributed by atoms with Gasteiger partial charge in [0.25, 0.3) is 0 Å². The number of ether oxygens (including phenoxy) is 2.